The minimum Gasteiger partial charge on any atom is -0.318 e. The smallest absolute Gasteiger partial charge is 0.318 e. The highest BCUT2D eigenvalue weighted by atomic mass is 35.5. The van der Waals surface area contributed by atoms with Crippen LogP contribution >= 0.6 is 11.6 Å². The van der Waals surface area contributed by atoms with Gasteiger partial charge in [0, 0.05) is 28.7 Å². The number of nitrogens with one attached hydrogen (secondary N) is 1. The largest absolute Gasteiger partial charge is 0.391 e. The summed E-state index contributed by atoms with van der Waals surface area (Å²) in [6.45, 7) is 0. The predicted octanol–water partition coefficient (Wildman–Crippen LogP) is 5.30. The van der Waals surface area contributed by atoms with Gasteiger partial charge in [-0.3, -0.25) is 0 Å². The summed E-state index contributed by atoms with van der Waals surface area (Å²) in [6.07, 6.45) is -1.88. The summed E-state index contributed by atoms with van der Waals surface area (Å²) >= 11 is 6.26. The van der Waals surface area contributed by atoms with Crippen LogP contribution in [0.1, 0.15) is 43.6 Å². The van der Waals surface area contributed by atoms with Crippen LogP contribution in [0.25, 0.3) is 0 Å². The Balaban J connectivity index is 1.43. The zero-order valence-electron chi connectivity index (χ0n) is 14.5. The molecule has 1 aliphatic heterocycles. The number of alkyl halides is 3. The first-order chi connectivity index (χ1) is 12.8. The molecule has 1 N–H and O–H groups in total. The topological polar surface area (TPSA) is 56.1 Å². The lowest BCUT2D eigenvalue weighted by atomic mass is 9.71. The van der Waals surface area contributed by atoms with Crippen molar-refractivity contribution >= 4 is 23.3 Å². The molecule has 3 fully saturated rings. The molecule has 2 saturated carbocycles. The third-order valence-electron chi connectivity index (χ3n) is 6.23. The van der Waals surface area contributed by atoms with E-state index in [2.05, 4.69) is 11.4 Å². The van der Waals surface area contributed by atoms with Crippen molar-refractivity contribution in [2.45, 2.75) is 56.3 Å². The molecule has 4 nitrogen and oxygen atoms in total. The van der Waals surface area contributed by atoms with Crippen LogP contribution in [-0.4, -0.2) is 29.2 Å². The molecular weight excluding hydrogens is 379 g/mol. The van der Waals surface area contributed by atoms with Gasteiger partial charge in [-0.1, -0.05) is 11.6 Å². The van der Waals surface area contributed by atoms with Crippen LogP contribution in [0.5, 0.6) is 0 Å². The van der Waals surface area contributed by atoms with Crippen molar-refractivity contribution in [2.24, 2.45) is 11.8 Å². The number of amides is 2. The van der Waals surface area contributed by atoms with Gasteiger partial charge in [-0.2, -0.15) is 18.4 Å². The minimum atomic E-state index is -4.19. The molecule has 0 aromatic heterocycles. The first-order valence-electron chi connectivity index (χ1n) is 9.13. The number of halogens is 4. The van der Waals surface area contributed by atoms with Crippen molar-refractivity contribution in [3.63, 3.8) is 0 Å². The van der Waals surface area contributed by atoms with Gasteiger partial charge in [0.2, 0.25) is 0 Å². The number of anilines is 1. The second-order valence-corrected chi connectivity index (χ2v) is 8.15. The molecule has 8 heteroatoms. The number of carbonyl (C=O) groups is 1. The van der Waals surface area contributed by atoms with Gasteiger partial charge in [0.25, 0.3) is 0 Å². The van der Waals surface area contributed by atoms with E-state index in [0.717, 1.165) is 18.4 Å². The Bertz CT molecular complexity index is 794. The monoisotopic (exact) mass is 397 g/mol. The average Bonchev–Trinajstić information content (AvgIpc) is 2.56. The number of benzene rings is 1. The molecular formula is C19H19ClF3N3O. The average molecular weight is 398 g/mol. The second-order valence-electron chi connectivity index (χ2n) is 7.75. The van der Waals surface area contributed by atoms with Crippen molar-refractivity contribution in [1.82, 2.24) is 4.90 Å². The maximum Gasteiger partial charge on any atom is 0.391 e. The lowest BCUT2D eigenvalue weighted by Crippen LogP contribution is -2.65. The number of urea groups is 1. The van der Waals surface area contributed by atoms with Crippen molar-refractivity contribution in [3.05, 3.63) is 28.8 Å². The summed E-state index contributed by atoms with van der Waals surface area (Å²) in [6, 6.07) is 6.35. The SMILES string of the molecule is N#CC1CC[C@H]1c1cc(NC(=O)N2C3CC2CC(C(F)(F)F)C3)ccc1Cl. The molecule has 27 heavy (non-hydrogen) atoms. The summed E-state index contributed by atoms with van der Waals surface area (Å²) in [5.41, 5.74) is 1.40. The number of fused-ring (bicyclic) bond motifs is 2. The van der Waals surface area contributed by atoms with Gasteiger partial charge < -0.3 is 10.2 Å². The minimum absolute atomic E-state index is 0.0226. The number of nitrogens with zero attached hydrogens (tertiary/aromatic N) is 2. The molecule has 4 atom stereocenters. The summed E-state index contributed by atoms with van der Waals surface area (Å²) in [5, 5.41) is 12.5. The highest BCUT2D eigenvalue weighted by Gasteiger charge is 2.54. The number of likely N-dealkylation sites (tertiary alicyclic amines) is 1. The predicted molar refractivity (Wildman–Crippen MR) is 94.4 cm³/mol. The second kappa shape index (κ2) is 6.59. The molecule has 1 saturated heterocycles. The standard InChI is InChI=1S/C19H19ClF3N3O/c20-17-4-2-12(7-16(17)15-3-1-10(15)9-24)25-18(27)26-13-5-11(19(21,22)23)6-14(26)8-13/h2,4,7,10-11,13-15H,1,3,5-6,8H2,(H,25,27)/t10?,11?,13?,14?,15-/m1/s1. The van der Waals surface area contributed by atoms with Crippen LogP contribution in [0, 0.1) is 23.2 Å². The number of rotatable bonds is 2. The van der Waals surface area contributed by atoms with Crippen LogP contribution in [0.3, 0.4) is 0 Å². The fourth-order valence-electron chi connectivity index (χ4n) is 4.59. The van der Waals surface area contributed by atoms with E-state index in [9.17, 15) is 18.0 Å². The Kier molecular flexibility index (Phi) is 4.50. The number of hydrogen-bond donors (Lipinski definition) is 1. The first-order valence-corrected chi connectivity index (χ1v) is 9.51. The Morgan fingerprint density at radius 1 is 1.22 bits per heavy atom. The van der Waals surface area contributed by atoms with Crippen molar-refractivity contribution < 1.29 is 18.0 Å². The Hall–Kier alpha value is -1.94. The zero-order chi connectivity index (χ0) is 19.3. The molecule has 0 radical (unpaired) electrons. The van der Waals surface area contributed by atoms with Crippen LogP contribution < -0.4 is 5.32 Å². The number of piperidine rings is 1. The maximum absolute atomic E-state index is 12.9. The fraction of sp³-hybridized carbons (Fsp3) is 0.579. The van der Waals surface area contributed by atoms with Gasteiger partial charge in [-0.05, 0) is 55.9 Å². The third kappa shape index (κ3) is 3.25. The Morgan fingerprint density at radius 2 is 1.93 bits per heavy atom. The third-order valence-corrected chi connectivity index (χ3v) is 6.57. The molecule has 1 heterocycles. The normalized spacial score (nSPS) is 32.1. The van der Waals surface area contributed by atoms with E-state index in [4.69, 9.17) is 16.9 Å². The van der Waals surface area contributed by atoms with Crippen molar-refractivity contribution in [3.8, 4) is 6.07 Å². The molecule has 2 aliphatic carbocycles. The molecule has 144 valence electrons. The van der Waals surface area contributed by atoms with Crippen molar-refractivity contribution in [2.75, 3.05) is 5.32 Å². The molecule has 4 rings (SSSR count). The van der Waals surface area contributed by atoms with E-state index in [1.807, 2.05) is 0 Å². The van der Waals surface area contributed by atoms with Crippen molar-refractivity contribution in [1.29, 1.82) is 5.26 Å². The Labute approximate surface area is 160 Å². The van der Waals surface area contributed by atoms with E-state index in [0.29, 0.717) is 17.1 Å². The molecule has 1 aromatic rings. The lowest BCUT2D eigenvalue weighted by molar-refractivity contribution is -0.205. The van der Waals surface area contributed by atoms with Gasteiger partial charge in [0.1, 0.15) is 0 Å². The molecule has 3 unspecified atom stereocenters. The van der Waals surface area contributed by atoms with Gasteiger partial charge >= 0.3 is 12.2 Å². The molecule has 2 bridgehead atoms. The van der Waals surface area contributed by atoms with E-state index >= 15 is 0 Å². The summed E-state index contributed by atoms with van der Waals surface area (Å²) in [7, 11) is 0. The van der Waals surface area contributed by atoms with Gasteiger partial charge in [0.15, 0.2) is 0 Å². The Morgan fingerprint density at radius 3 is 2.48 bits per heavy atom. The van der Waals surface area contributed by atoms with E-state index in [1.54, 1.807) is 18.2 Å². The van der Waals surface area contributed by atoms with Crippen LogP contribution in [-0.2, 0) is 0 Å². The van der Waals surface area contributed by atoms with E-state index in [-0.39, 0.29) is 42.8 Å². The lowest BCUT2D eigenvalue weighted by Gasteiger charge is -2.55. The molecule has 1 aromatic carbocycles. The maximum atomic E-state index is 12.9. The van der Waals surface area contributed by atoms with E-state index in [1.165, 1.54) is 4.90 Å². The number of hydrogen-bond acceptors (Lipinski definition) is 2. The van der Waals surface area contributed by atoms with Gasteiger partial charge in [-0.25, -0.2) is 4.79 Å². The van der Waals surface area contributed by atoms with Gasteiger partial charge in [-0.15, -0.1) is 0 Å². The number of nitriles is 1. The highest BCUT2D eigenvalue weighted by molar-refractivity contribution is 6.31. The van der Waals surface area contributed by atoms with E-state index < -0.39 is 12.1 Å². The zero-order valence-corrected chi connectivity index (χ0v) is 15.2. The molecule has 0 spiro atoms. The summed E-state index contributed by atoms with van der Waals surface area (Å²) in [5.74, 6) is -1.31. The van der Waals surface area contributed by atoms with Gasteiger partial charge in [0.05, 0.1) is 17.9 Å². The highest BCUT2D eigenvalue weighted by Crippen LogP contribution is 2.48. The molecule has 2 amide bonds. The van der Waals surface area contributed by atoms with Crippen LogP contribution in [0.4, 0.5) is 23.7 Å². The van der Waals surface area contributed by atoms with Crippen LogP contribution in [0.2, 0.25) is 5.02 Å². The van der Waals surface area contributed by atoms with Crippen LogP contribution in [0.15, 0.2) is 18.2 Å². The summed E-state index contributed by atoms with van der Waals surface area (Å²) < 4.78 is 38.7. The summed E-state index contributed by atoms with van der Waals surface area (Å²) in [4.78, 5) is 14.1. The quantitative estimate of drug-likeness (QED) is 0.735. The fourth-order valence-corrected chi connectivity index (χ4v) is 4.85. The number of carbonyl (C=O) groups excluding carboxylic acids is 1. The molecule has 3 aliphatic rings. The first kappa shape index (κ1) is 18.4.